The zero-order valence-corrected chi connectivity index (χ0v) is 18.7. The number of carbonyl (C=O) groups excluding carboxylic acids is 1. The molecule has 8 heteroatoms. The molecular formula is C21H21BrN2O4S. The summed E-state index contributed by atoms with van der Waals surface area (Å²) in [4.78, 5) is 16.3. The molecule has 152 valence electrons. The number of carbonyl (C=O) groups is 1. The number of thiocarbonyl (C=S) groups is 1. The fraction of sp³-hybridized carbons (Fsp3) is 0.238. The van der Waals surface area contributed by atoms with E-state index < -0.39 is 0 Å². The van der Waals surface area contributed by atoms with Crippen molar-refractivity contribution in [3.63, 3.8) is 0 Å². The minimum atomic E-state index is -0.236. The summed E-state index contributed by atoms with van der Waals surface area (Å²) < 4.78 is 11.5. The number of phenolic OH excluding ortho intramolecular Hbond substituents is 1. The summed E-state index contributed by atoms with van der Waals surface area (Å²) in [7, 11) is 1.75. The highest BCUT2D eigenvalue weighted by atomic mass is 79.9. The van der Waals surface area contributed by atoms with Crippen molar-refractivity contribution in [1.82, 2.24) is 4.90 Å². The van der Waals surface area contributed by atoms with Crippen LogP contribution in [0.3, 0.4) is 0 Å². The topological polar surface area (TPSA) is 62.2 Å². The number of aromatic hydroxyl groups is 1. The quantitative estimate of drug-likeness (QED) is 0.487. The summed E-state index contributed by atoms with van der Waals surface area (Å²) in [6.07, 6.45) is 1.72. The third kappa shape index (κ3) is 4.23. The van der Waals surface area contributed by atoms with Crippen molar-refractivity contribution in [1.29, 1.82) is 0 Å². The molecule has 1 saturated heterocycles. The lowest BCUT2D eigenvalue weighted by molar-refractivity contribution is -0.114. The Balaban J connectivity index is 1.96. The predicted octanol–water partition coefficient (Wildman–Crippen LogP) is 4.56. The fourth-order valence-electron chi connectivity index (χ4n) is 2.93. The van der Waals surface area contributed by atoms with Gasteiger partial charge in [0, 0.05) is 11.5 Å². The summed E-state index contributed by atoms with van der Waals surface area (Å²) in [5.74, 6) is 0.870. The molecular weight excluding hydrogens is 456 g/mol. The van der Waals surface area contributed by atoms with Crippen LogP contribution in [-0.4, -0.2) is 41.3 Å². The summed E-state index contributed by atoms with van der Waals surface area (Å²) in [5.41, 5.74) is 1.77. The van der Waals surface area contributed by atoms with Crippen LogP contribution >= 0.6 is 28.1 Å². The second-order valence-corrected chi connectivity index (χ2v) is 7.43. The van der Waals surface area contributed by atoms with Gasteiger partial charge >= 0.3 is 0 Å². The van der Waals surface area contributed by atoms with Crippen molar-refractivity contribution in [3.8, 4) is 17.2 Å². The molecule has 2 aromatic carbocycles. The molecule has 1 aliphatic rings. The average Bonchev–Trinajstić information content (AvgIpc) is 2.90. The molecule has 0 radical (unpaired) electrons. The first-order valence-corrected chi connectivity index (χ1v) is 10.3. The maximum Gasteiger partial charge on any atom is 0.281 e. The molecule has 1 heterocycles. The highest BCUT2D eigenvalue weighted by molar-refractivity contribution is 9.10. The minimum Gasteiger partial charge on any atom is -0.504 e. The van der Waals surface area contributed by atoms with Crippen LogP contribution in [0, 0.1) is 0 Å². The van der Waals surface area contributed by atoms with Gasteiger partial charge in [-0.15, -0.1) is 0 Å². The third-order valence-corrected chi connectivity index (χ3v) is 5.48. The van der Waals surface area contributed by atoms with Gasteiger partial charge in [0.15, 0.2) is 16.6 Å². The first-order valence-electron chi connectivity index (χ1n) is 9.09. The van der Waals surface area contributed by atoms with E-state index >= 15 is 0 Å². The van der Waals surface area contributed by atoms with Gasteiger partial charge in [-0.05, 0) is 74.1 Å². The number of nitrogens with zero attached hydrogens (tertiary/aromatic N) is 2. The number of hydrogen-bond acceptors (Lipinski definition) is 5. The van der Waals surface area contributed by atoms with Crippen LogP contribution in [0.4, 0.5) is 5.69 Å². The van der Waals surface area contributed by atoms with Crippen LogP contribution in [0.2, 0.25) is 0 Å². The maximum absolute atomic E-state index is 13.1. The Morgan fingerprint density at radius 2 is 1.79 bits per heavy atom. The fourth-order valence-corrected chi connectivity index (χ4v) is 3.66. The summed E-state index contributed by atoms with van der Waals surface area (Å²) in [6.45, 7) is 4.74. The molecule has 0 unspecified atom stereocenters. The lowest BCUT2D eigenvalue weighted by atomic mass is 10.1. The number of likely N-dealkylation sites (N-methyl/N-ethyl adjacent to an activating group) is 1. The van der Waals surface area contributed by atoms with E-state index in [0.717, 1.165) is 5.75 Å². The van der Waals surface area contributed by atoms with E-state index in [1.807, 2.05) is 13.8 Å². The van der Waals surface area contributed by atoms with Crippen LogP contribution in [0.5, 0.6) is 17.2 Å². The van der Waals surface area contributed by atoms with E-state index in [-0.39, 0.29) is 11.7 Å². The number of halogens is 1. The van der Waals surface area contributed by atoms with Crippen LogP contribution in [0.25, 0.3) is 6.08 Å². The molecule has 6 nitrogen and oxygen atoms in total. The number of rotatable bonds is 6. The van der Waals surface area contributed by atoms with Gasteiger partial charge in [0.1, 0.15) is 11.4 Å². The molecule has 0 bridgehead atoms. The Hall–Kier alpha value is -2.58. The number of phenols is 1. The highest BCUT2D eigenvalue weighted by Gasteiger charge is 2.37. The van der Waals surface area contributed by atoms with Crippen molar-refractivity contribution < 1.29 is 19.4 Å². The maximum atomic E-state index is 13.1. The minimum absolute atomic E-state index is 0.0264. The monoisotopic (exact) mass is 476 g/mol. The first-order chi connectivity index (χ1) is 13.9. The van der Waals surface area contributed by atoms with Gasteiger partial charge in [0.25, 0.3) is 5.91 Å². The van der Waals surface area contributed by atoms with Crippen LogP contribution < -0.4 is 14.4 Å². The Morgan fingerprint density at radius 3 is 2.41 bits per heavy atom. The molecule has 29 heavy (non-hydrogen) atoms. The number of ether oxygens (including phenoxy) is 2. The van der Waals surface area contributed by atoms with Gasteiger partial charge < -0.3 is 19.5 Å². The molecule has 1 N–H and O–H groups in total. The number of benzene rings is 2. The first kappa shape index (κ1) is 21.1. The van der Waals surface area contributed by atoms with E-state index in [1.54, 1.807) is 54.4 Å². The zero-order chi connectivity index (χ0) is 21.1. The van der Waals surface area contributed by atoms with Gasteiger partial charge in [-0.3, -0.25) is 9.69 Å². The van der Waals surface area contributed by atoms with Gasteiger partial charge in [0.05, 0.1) is 18.9 Å². The molecule has 0 aliphatic carbocycles. The number of anilines is 1. The van der Waals surface area contributed by atoms with Crippen LogP contribution in [0.15, 0.2) is 46.6 Å². The zero-order valence-electron chi connectivity index (χ0n) is 16.3. The largest absolute Gasteiger partial charge is 0.504 e. The number of amides is 1. The smallest absolute Gasteiger partial charge is 0.281 e. The van der Waals surface area contributed by atoms with E-state index in [9.17, 15) is 9.90 Å². The van der Waals surface area contributed by atoms with E-state index in [4.69, 9.17) is 21.7 Å². The normalized spacial score (nSPS) is 15.4. The second kappa shape index (κ2) is 8.84. The Morgan fingerprint density at radius 1 is 1.14 bits per heavy atom. The third-order valence-electron chi connectivity index (χ3n) is 4.34. The number of hydrogen-bond donors (Lipinski definition) is 1. The van der Waals surface area contributed by atoms with Gasteiger partial charge in [-0.1, -0.05) is 15.9 Å². The lowest BCUT2D eigenvalue weighted by Crippen LogP contribution is -2.31. The van der Waals surface area contributed by atoms with Crippen LogP contribution in [-0.2, 0) is 4.79 Å². The molecule has 1 amide bonds. The molecule has 3 rings (SSSR count). The lowest BCUT2D eigenvalue weighted by Gasteiger charge is -2.16. The molecule has 1 fully saturated rings. The van der Waals surface area contributed by atoms with Crippen molar-refractivity contribution in [2.75, 3.05) is 25.2 Å². The molecule has 1 aliphatic heterocycles. The Labute approximate surface area is 183 Å². The molecule has 0 spiro atoms. The summed E-state index contributed by atoms with van der Waals surface area (Å²) >= 11 is 8.93. The van der Waals surface area contributed by atoms with Crippen molar-refractivity contribution in [2.45, 2.75) is 13.8 Å². The van der Waals surface area contributed by atoms with Gasteiger partial charge in [0.2, 0.25) is 0 Å². The van der Waals surface area contributed by atoms with Gasteiger partial charge in [-0.25, -0.2) is 0 Å². The van der Waals surface area contributed by atoms with Crippen LogP contribution in [0.1, 0.15) is 19.4 Å². The molecule has 0 saturated carbocycles. The van der Waals surface area contributed by atoms with E-state index in [0.29, 0.717) is 45.5 Å². The Bertz CT molecular complexity index is 975. The van der Waals surface area contributed by atoms with Gasteiger partial charge in [-0.2, -0.15) is 0 Å². The van der Waals surface area contributed by atoms with Crippen molar-refractivity contribution in [2.24, 2.45) is 0 Å². The van der Waals surface area contributed by atoms with Crippen molar-refractivity contribution in [3.05, 3.63) is 52.1 Å². The summed E-state index contributed by atoms with van der Waals surface area (Å²) in [6, 6.07) is 10.4. The SMILES string of the molecule is CCOc1ccc(N2C(=O)/C(=C/c3cc(OCC)c(O)cc3Br)N(C)C2=S)cc1. The van der Waals surface area contributed by atoms with Crippen molar-refractivity contribution >= 4 is 50.9 Å². The van der Waals surface area contributed by atoms with E-state index in [2.05, 4.69) is 15.9 Å². The summed E-state index contributed by atoms with van der Waals surface area (Å²) in [5, 5.41) is 10.4. The predicted molar refractivity (Wildman–Crippen MR) is 120 cm³/mol. The average molecular weight is 477 g/mol. The molecule has 0 aromatic heterocycles. The highest BCUT2D eigenvalue weighted by Crippen LogP contribution is 2.35. The standard InChI is InChI=1S/C21H21BrN2O4S/c1-4-27-15-8-6-14(7-9-15)24-20(26)17(23(3)21(24)29)10-13-11-19(28-5-2)18(25)12-16(13)22/h6-12,25H,4-5H2,1-3H3/b17-10-. The molecule has 2 aromatic rings. The Kier molecular flexibility index (Phi) is 6.44. The molecule has 0 atom stereocenters. The van der Waals surface area contributed by atoms with E-state index in [1.165, 1.54) is 4.90 Å². The second-order valence-electron chi connectivity index (χ2n) is 6.21.